The molecule has 0 bridgehead atoms. The highest BCUT2D eigenvalue weighted by molar-refractivity contribution is 8.29. The van der Waals surface area contributed by atoms with Gasteiger partial charge in [0.05, 0.1) is 24.7 Å². The first kappa shape index (κ1) is 40.4. The molecule has 6 nitrogen and oxygen atoms in total. The van der Waals surface area contributed by atoms with E-state index in [2.05, 4.69) is 0 Å². The second-order valence-corrected chi connectivity index (χ2v) is 22.5. The Morgan fingerprint density at radius 3 is 1.65 bits per heavy atom. The minimum atomic E-state index is -0.915. The van der Waals surface area contributed by atoms with Crippen LogP contribution in [0.5, 0.6) is 0 Å². The molecule has 0 aliphatic rings. The minimum absolute atomic E-state index is 0.0203. The lowest BCUT2D eigenvalue weighted by Gasteiger charge is -2.10. The van der Waals surface area contributed by atoms with Crippen molar-refractivity contribution in [3.8, 4) is 0 Å². The van der Waals surface area contributed by atoms with Crippen molar-refractivity contribution in [3.05, 3.63) is 0 Å². The fourth-order valence-corrected chi connectivity index (χ4v) is 16.0. The first-order valence-corrected chi connectivity index (χ1v) is 25.0. The number of thioether (sulfide) groups is 10. The predicted octanol–water partition coefficient (Wildman–Crippen LogP) is 4.56. The molecule has 0 fully saturated rings. The zero-order valence-electron chi connectivity index (χ0n) is 20.4. The lowest BCUT2D eigenvalue weighted by Crippen LogP contribution is -2.15. The number of aliphatic hydroxyl groups excluding tert-OH is 2. The number of rotatable bonds is 28. The molecule has 0 aromatic heterocycles. The molecule has 0 amide bonds. The van der Waals surface area contributed by atoms with Crippen LogP contribution in [0.2, 0.25) is 0 Å². The highest BCUT2D eigenvalue weighted by atomic mass is 32.3. The fourth-order valence-electron chi connectivity index (χ4n) is 1.81. The van der Waals surface area contributed by atoms with Gasteiger partial charge in [0.1, 0.15) is 17.3 Å². The molecular formula is C19H36O6S12. The maximum absolute atomic E-state index is 12.1. The average molecular weight is 745 g/mol. The van der Waals surface area contributed by atoms with Gasteiger partial charge in [-0.3, -0.25) is 9.59 Å². The quantitative estimate of drug-likeness (QED) is 0.0661. The average Bonchev–Trinajstić information content (AvgIpc) is 2.88. The summed E-state index contributed by atoms with van der Waals surface area (Å²) in [7, 11) is 0. The zero-order chi connectivity index (χ0) is 27.4. The Labute approximate surface area is 271 Å². The summed E-state index contributed by atoms with van der Waals surface area (Å²) >= 11 is 14.4. The van der Waals surface area contributed by atoms with Crippen LogP contribution < -0.4 is 0 Å². The van der Waals surface area contributed by atoms with E-state index in [1.54, 1.807) is 94.1 Å². The van der Waals surface area contributed by atoms with E-state index in [-0.39, 0.29) is 23.4 Å². The molecule has 2 atom stereocenters. The first-order valence-electron chi connectivity index (χ1n) is 10.8. The molecular weight excluding hydrogens is 709 g/mol. The third-order valence-corrected chi connectivity index (χ3v) is 19.0. The predicted molar refractivity (Wildman–Crippen MR) is 189 cm³/mol. The van der Waals surface area contributed by atoms with E-state index in [1.807, 2.05) is 0 Å². The van der Waals surface area contributed by atoms with Crippen LogP contribution in [-0.4, -0.2) is 124 Å². The molecule has 0 aromatic rings. The standard InChI is InChI=1S/C19H36O6S12/c20-1-3-34-18(22)9-28-13-31-12-27-5-8-37(25)17-33-15-32-16-35-19(23)10-29-14-30-11-26-4-7-36(24)6-2-21/h20-21H,1-17H2. The van der Waals surface area contributed by atoms with E-state index in [0.29, 0.717) is 39.6 Å². The molecule has 2 N–H and O–H groups in total. The number of carbonyl (C=O) groups is 2. The molecule has 0 rings (SSSR count). The molecule has 0 aromatic carbocycles. The summed E-state index contributed by atoms with van der Waals surface area (Å²) in [6.07, 6.45) is 0. The second-order valence-electron chi connectivity index (χ2n) is 6.33. The van der Waals surface area contributed by atoms with Crippen LogP contribution in [0.4, 0.5) is 0 Å². The van der Waals surface area contributed by atoms with Gasteiger partial charge in [-0.1, -0.05) is 46.5 Å². The maximum Gasteiger partial charge on any atom is 0.199 e. The van der Waals surface area contributed by atoms with Gasteiger partial charge in [-0.25, -0.2) is 0 Å². The monoisotopic (exact) mass is 744 g/mol. The van der Waals surface area contributed by atoms with E-state index >= 15 is 0 Å². The smallest absolute Gasteiger partial charge is 0.199 e. The van der Waals surface area contributed by atoms with Gasteiger partial charge in [-0.05, 0) is 11.2 Å². The van der Waals surface area contributed by atoms with Gasteiger partial charge in [0.2, 0.25) is 0 Å². The highest BCUT2D eigenvalue weighted by Gasteiger charge is 2.08. The Hall–Kier alpha value is 3.38. The van der Waals surface area contributed by atoms with Crippen molar-refractivity contribution in [2.75, 3.05) is 94.8 Å². The highest BCUT2D eigenvalue weighted by Crippen LogP contribution is 2.24. The zero-order valence-corrected chi connectivity index (χ0v) is 30.2. The third kappa shape index (κ3) is 32.1. The SMILES string of the molecule is O=C(CSCSCSCC[S+]([O-])CSCSCSC(=O)CSCSCSCC[S+]([O-])CCO)SCCO. The van der Waals surface area contributed by atoms with Crippen molar-refractivity contribution in [1.82, 2.24) is 0 Å². The summed E-state index contributed by atoms with van der Waals surface area (Å²) in [4.78, 5) is 23.4. The van der Waals surface area contributed by atoms with Crippen LogP contribution in [-0.2, 0) is 31.9 Å². The largest absolute Gasteiger partial charge is 0.616 e. The lowest BCUT2D eigenvalue weighted by atomic mass is 10.9. The van der Waals surface area contributed by atoms with E-state index in [9.17, 15) is 18.7 Å². The van der Waals surface area contributed by atoms with Crippen LogP contribution in [0.25, 0.3) is 0 Å². The molecule has 37 heavy (non-hydrogen) atoms. The Balaban J connectivity index is 3.34. The van der Waals surface area contributed by atoms with Crippen LogP contribution in [0.3, 0.4) is 0 Å². The summed E-state index contributed by atoms with van der Waals surface area (Å²) in [5, 5.41) is 23.5. The summed E-state index contributed by atoms with van der Waals surface area (Å²) in [6, 6.07) is 0. The van der Waals surface area contributed by atoms with Crippen molar-refractivity contribution < 1.29 is 28.9 Å². The Bertz CT molecular complexity index is 540. The lowest BCUT2D eigenvalue weighted by molar-refractivity contribution is -0.109. The maximum atomic E-state index is 12.1. The van der Waals surface area contributed by atoms with Gasteiger partial charge in [0, 0.05) is 47.8 Å². The van der Waals surface area contributed by atoms with Gasteiger partial charge < -0.3 is 19.3 Å². The molecule has 0 heterocycles. The van der Waals surface area contributed by atoms with E-state index < -0.39 is 22.4 Å². The Morgan fingerprint density at radius 2 is 1.05 bits per heavy atom. The van der Waals surface area contributed by atoms with Crippen molar-refractivity contribution in [2.45, 2.75) is 0 Å². The summed E-state index contributed by atoms with van der Waals surface area (Å²) in [6.45, 7) is 0.0147. The van der Waals surface area contributed by atoms with Gasteiger partial charge in [-0.2, -0.15) is 0 Å². The van der Waals surface area contributed by atoms with Crippen molar-refractivity contribution in [2.24, 2.45) is 0 Å². The Morgan fingerprint density at radius 1 is 0.541 bits per heavy atom. The van der Waals surface area contributed by atoms with E-state index in [0.717, 1.165) is 42.0 Å². The van der Waals surface area contributed by atoms with Gasteiger partial charge >= 0.3 is 0 Å². The number of aliphatic hydroxyl groups is 2. The van der Waals surface area contributed by atoms with E-state index in [1.165, 1.54) is 23.5 Å². The molecule has 18 heteroatoms. The molecule has 0 spiro atoms. The van der Waals surface area contributed by atoms with Gasteiger partial charge in [0.25, 0.3) is 0 Å². The van der Waals surface area contributed by atoms with Crippen molar-refractivity contribution in [3.63, 3.8) is 0 Å². The van der Waals surface area contributed by atoms with Crippen molar-refractivity contribution >= 4 is 150 Å². The Kier molecular flexibility index (Phi) is 35.2. The first-order chi connectivity index (χ1) is 18.0. The minimum Gasteiger partial charge on any atom is -0.616 e. The number of hydrogen-bond donors (Lipinski definition) is 2. The summed E-state index contributed by atoms with van der Waals surface area (Å²) < 4.78 is 23.5. The molecule has 0 saturated heterocycles. The summed E-state index contributed by atoms with van der Waals surface area (Å²) in [5.41, 5.74) is 0. The normalized spacial score (nSPS) is 13.1. The number of hydrogen-bond acceptors (Lipinski definition) is 16. The second kappa shape index (κ2) is 32.3. The van der Waals surface area contributed by atoms with Crippen LogP contribution in [0.15, 0.2) is 0 Å². The van der Waals surface area contributed by atoms with Crippen LogP contribution >= 0.6 is 118 Å². The van der Waals surface area contributed by atoms with Crippen LogP contribution in [0.1, 0.15) is 0 Å². The molecule has 0 aliphatic carbocycles. The van der Waals surface area contributed by atoms with Gasteiger partial charge in [0.15, 0.2) is 15.3 Å². The molecule has 220 valence electrons. The van der Waals surface area contributed by atoms with E-state index in [4.69, 9.17) is 10.2 Å². The van der Waals surface area contributed by atoms with Crippen molar-refractivity contribution in [1.29, 1.82) is 0 Å². The molecule has 0 aliphatic heterocycles. The summed E-state index contributed by atoms with van der Waals surface area (Å²) in [5.74, 6) is 4.83. The topological polar surface area (TPSA) is 121 Å². The number of carbonyl (C=O) groups excluding carboxylic acids is 2. The molecule has 0 saturated carbocycles. The molecule has 2 unspecified atom stereocenters. The van der Waals surface area contributed by atoms with Gasteiger partial charge in [-0.15, -0.1) is 82.3 Å². The third-order valence-electron chi connectivity index (χ3n) is 3.38. The van der Waals surface area contributed by atoms with Crippen LogP contribution in [0, 0.1) is 0 Å². The molecule has 0 radical (unpaired) electrons. The fraction of sp³-hybridized carbons (Fsp3) is 0.895.